The van der Waals surface area contributed by atoms with Crippen LogP contribution >= 0.6 is 11.3 Å². The van der Waals surface area contributed by atoms with E-state index in [9.17, 15) is 18.8 Å². The maximum Gasteiger partial charge on any atom is 0.341 e. The third-order valence-corrected chi connectivity index (χ3v) is 7.99. The van der Waals surface area contributed by atoms with Gasteiger partial charge in [-0.2, -0.15) is 10.2 Å². The van der Waals surface area contributed by atoms with Crippen molar-refractivity contribution in [2.75, 3.05) is 11.9 Å². The van der Waals surface area contributed by atoms with Gasteiger partial charge in [0.1, 0.15) is 22.4 Å². The lowest BCUT2D eigenvalue weighted by molar-refractivity contribution is -0.119. The number of hydrogen-bond donors (Lipinski definition) is 1. The number of carbonyl (C=O) groups is 2. The summed E-state index contributed by atoms with van der Waals surface area (Å²) in [6.07, 6.45) is 6.23. The van der Waals surface area contributed by atoms with Crippen LogP contribution in [0.2, 0.25) is 0 Å². The summed E-state index contributed by atoms with van der Waals surface area (Å²) in [5.41, 5.74) is 2.11. The number of carbonyl (C=O) groups excluding carboxylic acids is 2. The van der Waals surface area contributed by atoms with Gasteiger partial charge in [-0.05, 0) is 76.3 Å². The van der Waals surface area contributed by atoms with Crippen LogP contribution in [0.15, 0.2) is 35.3 Å². The number of amides is 1. The standard InChI is InChI=1S/C27H28FN5O4S/c1-4-37-27(36)22-19-8-6-5-7-9-21(19)38-25(22)30-24(34)16(3)32-26(35)23-20(15(2)31-32)14-29-33(23)18-12-10-17(28)11-13-18/h10-14,16H,4-9H2,1-3H3,(H,30,34). The van der Waals surface area contributed by atoms with Gasteiger partial charge in [0.15, 0.2) is 0 Å². The number of benzene rings is 1. The molecule has 0 bridgehead atoms. The lowest BCUT2D eigenvalue weighted by Gasteiger charge is -2.16. The molecular formula is C27H28FN5O4S. The van der Waals surface area contributed by atoms with Gasteiger partial charge in [-0.25, -0.2) is 18.5 Å². The molecule has 1 aliphatic carbocycles. The molecule has 198 valence electrons. The Morgan fingerprint density at radius 2 is 1.92 bits per heavy atom. The predicted octanol–water partition coefficient (Wildman–Crippen LogP) is 4.74. The smallest absolute Gasteiger partial charge is 0.341 e. The molecule has 3 aromatic heterocycles. The minimum absolute atomic E-state index is 0.230. The van der Waals surface area contributed by atoms with E-state index in [2.05, 4.69) is 15.5 Å². The molecule has 3 heterocycles. The first-order valence-electron chi connectivity index (χ1n) is 12.7. The fraction of sp³-hybridized carbons (Fsp3) is 0.370. The van der Waals surface area contributed by atoms with E-state index in [4.69, 9.17) is 4.74 Å². The first-order valence-corrected chi connectivity index (χ1v) is 13.5. The Bertz CT molecular complexity index is 1590. The van der Waals surface area contributed by atoms with Crippen molar-refractivity contribution in [2.45, 2.75) is 58.9 Å². The van der Waals surface area contributed by atoms with Crippen LogP contribution in [0.1, 0.15) is 65.6 Å². The second-order valence-electron chi connectivity index (χ2n) is 9.28. The summed E-state index contributed by atoms with van der Waals surface area (Å²) in [5, 5.41) is 12.6. The molecule has 1 aliphatic rings. The number of nitrogens with one attached hydrogen (secondary N) is 1. The highest BCUT2D eigenvalue weighted by Crippen LogP contribution is 2.38. The number of aryl methyl sites for hydroxylation is 2. The van der Waals surface area contributed by atoms with Crippen molar-refractivity contribution in [3.63, 3.8) is 0 Å². The summed E-state index contributed by atoms with van der Waals surface area (Å²) in [5.74, 6) is -1.34. The number of hydrogen-bond acceptors (Lipinski definition) is 7. The van der Waals surface area contributed by atoms with Gasteiger partial charge < -0.3 is 10.1 Å². The number of esters is 1. The summed E-state index contributed by atoms with van der Waals surface area (Å²) in [6.45, 7) is 5.29. The Morgan fingerprint density at radius 3 is 2.66 bits per heavy atom. The quantitative estimate of drug-likeness (QED) is 0.281. The van der Waals surface area contributed by atoms with Crippen molar-refractivity contribution in [2.24, 2.45) is 0 Å². The van der Waals surface area contributed by atoms with Gasteiger partial charge in [0.2, 0.25) is 5.91 Å². The molecule has 0 radical (unpaired) electrons. The highest BCUT2D eigenvalue weighted by molar-refractivity contribution is 7.17. The van der Waals surface area contributed by atoms with Crippen LogP contribution < -0.4 is 10.9 Å². The largest absolute Gasteiger partial charge is 0.462 e. The average Bonchev–Trinajstić information content (AvgIpc) is 3.41. The Morgan fingerprint density at radius 1 is 1.18 bits per heavy atom. The van der Waals surface area contributed by atoms with Crippen molar-refractivity contribution in [1.29, 1.82) is 0 Å². The normalized spacial score (nSPS) is 14.1. The van der Waals surface area contributed by atoms with Crippen LogP contribution in [0.3, 0.4) is 0 Å². The zero-order valence-corrected chi connectivity index (χ0v) is 22.2. The fourth-order valence-electron chi connectivity index (χ4n) is 4.81. The Kier molecular flexibility index (Phi) is 7.11. The van der Waals surface area contributed by atoms with Crippen LogP contribution in [-0.2, 0) is 22.4 Å². The van der Waals surface area contributed by atoms with E-state index < -0.39 is 29.3 Å². The molecule has 0 spiro atoms. The maximum atomic E-state index is 13.6. The number of anilines is 1. The Hall–Kier alpha value is -3.86. The highest BCUT2D eigenvalue weighted by atomic mass is 32.1. The van der Waals surface area contributed by atoms with Crippen LogP contribution in [0.4, 0.5) is 9.39 Å². The van der Waals surface area contributed by atoms with Crippen molar-refractivity contribution < 1.29 is 18.7 Å². The molecule has 1 unspecified atom stereocenters. The average molecular weight is 538 g/mol. The number of aromatic nitrogens is 4. The van der Waals surface area contributed by atoms with E-state index >= 15 is 0 Å². The number of halogens is 1. The molecule has 9 nitrogen and oxygen atoms in total. The zero-order valence-electron chi connectivity index (χ0n) is 21.4. The first kappa shape index (κ1) is 25.8. The van der Waals surface area contributed by atoms with Crippen molar-refractivity contribution >= 4 is 39.1 Å². The molecule has 0 fully saturated rings. The van der Waals surface area contributed by atoms with Crippen molar-refractivity contribution in [1.82, 2.24) is 19.6 Å². The molecule has 1 aromatic carbocycles. The second kappa shape index (κ2) is 10.5. The van der Waals surface area contributed by atoms with Crippen LogP contribution in [0.25, 0.3) is 16.6 Å². The van der Waals surface area contributed by atoms with E-state index in [0.717, 1.165) is 47.2 Å². The fourth-order valence-corrected chi connectivity index (χ4v) is 6.09. The minimum atomic E-state index is -0.987. The Labute approximate surface area is 222 Å². The number of nitrogens with zero attached hydrogens (tertiary/aromatic N) is 4. The number of thiophene rings is 1. The van der Waals surface area contributed by atoms with E-state index in [1.165, 1.54) is 46.5 Å². The maximum absolute atomic E-state index is 13.6. The number of fused-ring (bicyclic) bond motifs is 2. The molecular weight excluding hydrogens is 509 g/mol. The van der Waals surface area contributed by atoms with E-state index in [0.29, 0.717) is 27.3 Å². The van der Waals surface area contributed by atoms with Gasteiger partial charge >= 0.3 is 5.97 Å². The third kappa shape index (κ3) is 4.62. The topological polar surface area (TPSA) is 108 Å². The van der Waals surface area contributed by atoms with Crippen LogP contribution in [-0.4, -0.2) is 38.0 Å². The summed E-state index contributed by atoms with van der Waals surface area (Å²) < 4.78 is 21.3. The Balaban J connectivity index is 1.52. The minimum Gasteiger partial charge on any atom is -0.462 e. The second-order valence-corrected chi connectivity index (χ2v) is 10.4. The van der Waals surface area contributed by atoms with Crippen LogP contribution in [0.5, 0.6) is 0 Å². The highest BCUT2D eigenvalue weighted by Gasteiger charge is 2.29. The molecule has 4 aromatic rings. The lowest BCUT2D eigenvalue weighted by atomic mass is 10.1. The predicted molar refractivity (Wildman–Crippen MR) is 143 cm³/mol. The molecule has 0 saturated heterocycles. The van der Waals surface area contributed by atoms with Crippen molar-refractivity contribution in [3.8, 4) is 5.69 Å². The molecule has 1 amide bonds. The summed E-state index contributed by atoms with van der Waals surface area (Å²) in [6, 6.07) is 4.63. The SMILES string of the molecule is CCOC(=O)c1c(NC(=O)C(C)n2nc(C)c3cnn(-c4ccc(F)cc4)c3c2=O)sc2c1CCCCC2. The molecule has 1 atom stereocenters. The molecule has 1 N–H and O–H groups in total. The van der Waals surface area contributed by atoms with Gasteiger partial charge in [-0.1, -0.05) is 6.42 Å². The van der Waals surface area contributed by atoms with Gasteiger partial charge in [0.25, 0.3) is 5.56 Å². The third-order valence-electron chi connectivity index (χ3n) is 6.78. The van der Waals surface area contributed by atoms with Gasteiger partial charge in [-0.3, -0.25) is 9.59 Å². The summed E-state index contributed by atoms with van der Waals surface area (Å²) in [4.78, 5) is 41.0. The summed E-state index contributed by atoms with van der Waals surface area (Å²) in [7, 11) is 0. The zero-order chi connectivity index (χ0) is 27.0. The molecule has 0 saturated carbocycles. The van der Waals surface area contributed by atoms with E-state index in [1.54, 1.807) is 20.8 Å². The first-order chi connectivity index (χ1) is 18.3. The van der Waals surface area contributed by atoms with Gasteiger partial charge in [0.05, 0.1) is 29.7 Å². The van der Waals surface area contributed by atoms with Gasteiger partial charge in [0, 0.05) is 10.3 Å². The van der Waals surface area contributed by atoms with Gasteiger partial charge in [-0.15, -0.1) is 11.3 Å². The van der Waals surface area contributed by atoms with Crippen molar-refractivity contribution in [3.05, 3.63) is 68.3 Å². The molecule has 5 rings (SSSR count). The molecule has 38 heavy (non-hydrogen) atoms. The summed E-state index contributed by atoms with van der Waals surface area (Å²) >= 11 is 1.40. The monoisotopic (exact) mass is 537 g/mol. The van der Waals surface area contributed by atoms with E-state index in [1.807, 2.05) is 0 Å². The lowest BCUT2D eigenvalue weighted by Crippen LogP contribution is -2.34. The van der Waals surface area contributed by atoms with E-state index in [-0.39, 0.29) is 12.1 Å². The molecule has 0 aliphatic heterocycles. The number of rotatable bonds is 6. The molecule has 11 heteroatoms. The number of ether oxygens (including phenoxy) is 1. The van der Waals surface area contributed by atoms with Crippen LogP contribution in [0, 0.1) is 12.7 Å².